The van der Waals surface area contributed by atoms with Gasteiger partial charge in [-0.05, 0) is 58.1 Å². The summed E-state index contributed by atoms with van der Waals surface area (Å²) in [7, 11) is 0. The van der Waals surface area contributed by atoms with Crippen LogP contribution in [0.25, 0.3) is 0 Å². The van der Waals surface area contributed by atoms with Gasteiger partial charge >= 0.3 is 5.97 Å². The normalized spacial score (nSPS) is 15.9. The number of esters is 1. The Morgan fingerprint density at radius 1 is 1.21 bits per heavy atom. The molecule has 1 aromatic rings. The van der Waals surface area contributed by atoms with Crippen molar-refractivity contribution in [2.45, 2.75) is 59.9 Å². The quantitative estimate of drug-likeness (QED) is 0.597. The molecular formula is C21H33N3O4S. The molecule has 2 rings (SSSR count). The number of anilines is 1. The monoisotopic (exact) mass is 423 g/mol. The highest BCUT2D eigenvalue weighted by molar-refractivity contribution is 7.17. The molecule has 8 heteroatoms. The van der Waals surface area contributed by atoms with Gasteiger partial charge in [0, 0.05) is 10.9 Å². The lowest BCUT2D eigenvalue weighted by molar-refractivity contribution is -0.123. The first-order valence-corrected chi connectivity index (χ1v) is 11.2. The van der Waals surface area contributed by atoms with Gasteiger partial charge in [0.05, 0.1) is 25.3 Å². The Bertz CT molecular complexity index is 745. The lowest BCUT2D eigenvalue weighted by atomic mass is 9.88. The van der Waals surface area contributed by atoms with Gasteiger partial charge in [-0.2, -0.15) is 0 Å². The Morgan fingerprint density at radius 3 is 2.52 bits per heavy atom. The Balaban J connectivity index is 2.12. The van der Waals surface area contributed by atoms with Crippen molar-refractivity contribution < 1.29 is 19.1 Å². The van der Waals surface area contributed by atoms with Crippen molar-refractivity contribution >= 4 is 34.1 Å². The molecule has 0 spiro atoms. The minimum Gasteiger partial charge on any atom is -0.462 e. The van der Waals surface area contributed by atoms with Gasteiger partial charge in [0.1, 0.15) is 5.00 Å². The number of carbonyl (C=O) groups is 3. The van der Waals surface area contributed by atoms with E-state index in [1.165, 1.54) is 11.3 Å². The Hall–Kier alpha value is -1.93. The summed E-state index contributed by atoms with van der Waals surface area (Å²) in [6, 6.07) is 0.0574. The summed E-state index contributed by atoms with van der Waals surface area (Å²) in [6.07, 6.45) is 2.77. The zero-order valence-corrected chi connectivity index (χ0v) is 18.9. The lowest BCUT2D eigenvalue weighted by Gasteiger charge is -2.20. The van der Waals surface area contributed by atoms with Crippen molar-refractivity contribution in [1.29, 1.82) is 0 Å². The summed E-state index contributed by atoms with van der Waals surface area (Å²) in [5.74, 6) is -0.155. The third kappa shape index (κ3) is 6.54. The molecule has 7 nitrogen and oxygen atoms in total. The number of ether oxygens (including phenoxy) is 1. The fourth-order valence-electron chi connectivity index (χ4n) is 3.48. The van der Waals surface area contributed by atoms with Crippen molar-refractivity contribution in [2.75, 3.05) is 31.6 Å². The summed E-state index contributed by atoms with van der Waals surface area (Å²) in [6.45, 7) is 10.8. The third-order valence-electron chi connectivity index (χ3n) is 4.88. The van der Waals surface area contributed by atoms with Crippen molar-refractivity contribution in [2.24, 2.45) is 5.92 Å². The average Bonchev–Trinajstić information content (AvgIpc) is 2.97. The topological polar surface area (TPSA) is 87.7 Å². The molecular weight excluding hydrogens is 390 g/mol. The van der Waals surface area contributed by atoms with Gasteiger partial charge in [0.2, 0.25) is 11.8 Å². The molecule has 2 N–H and O–H groups in total. The number of rotatable bonds is 9. The molecule has 0 saturated heterocycles. The molecule has 162 valence electrons. The molecule has 0 bridgehead atoms. The van der Waals surface area contributed by atoms with E-state index in [0.717, 1.165) is 29.7 Å². The van der Waals surface area contributed by atoms with E-state index < -0.39 is 0 Å². The molecule has 1 aromatic heterocycles. The zero-order chi connectivity index (χ0) is 21.6. The number of hydrogen-bond donors (Lipinski definition) is 2. The Kier molecular flexibility index (Phi) is 8.64. The molecule has 0 aliphatic heterocycles. The first-order valence-electron chi connectivity index (χ1n) is 10.4. The SMILES string of the molecule is CCOC(=O)c1c(NC(=O)CN(CC)CC(=O)NC(C)C)sc2c1CC[C@@H](C)C2. The fourth-order valence-corrected chi connectivity index (χ4v) is 4.89. The van der Waals surface area contributed by atoms with Crippen LogP contribution in [-0.4, -0.2) is 55.0 Å². The molecule has 1 aliphatic rings. The number of likely N-dealkylation sites (N-methyl/N-ethyl adjacent to an activating group) is 1. The van der Waals surface area contributed by atoms with Crippen molar-refractivity contribution in [3.05, 3.63) is 16.0 Å². The van der Waals surface area contributed by atoms with Crippen LogP contribution in [-0.2, 0) is 27.2 Å². The van der Waals surface area contributed by atoms with E-state index in [9.17, 15) is 14.4 Å². The van der Waals surface area contributed by atoms with E-state index in [-0.39, 0.29) is 36.9 Å². The standard InChI is InChI=1S/C21H33N3O4S/c1-6-24(11-17(25)22-13(3)4)12-18(26)23-20-19(21(27)28-7-2)15-9-8-14(5)10-16(15)29-20/h13-14H,6-12H2,1-5H3,(H,22,25)(H,23,26)/t14-/m1/s1. The molecule has 0 fully saturated rings. The van der Waals surface area contributed by atoms with Crippen LogP contribution >= 0.6 is 11.3 Å². The van der Waals surface area contributed by atoms with Gasteiger partial charge in [-0.15, -0.1) is 11.3 Å². The maximum atomic E-state index is 12.7. The largest absolute Gasteiger partial charge is 0.462 e. The third-order valence-corrected chi connectivity index (χ3v) is 6.05. The van der Waals surface area contributed by atoms with Gasteiger partial charge in [0.15, 0.2) is 0 Å². The lowest BCUT2D eigenvalue weighted by Crippen LogP contribution is -2.42. The first-order chi connectivity index (χ1) is 13.7. The van der Waals surface area contributed by atoms with Gasteiger partial charge < -0.3 is 15.4 Å². The van der Waals surface area contributed by atoms with Crippen LogP contribution in [0.5, 0.6) is 0 Å². The van der Waals surface area contributed by atoms with E-state index in [1.54, 1.807) is 11.8 Å². The summed E-state index contributed by atoms with van der Waals surface area (Å²) >= 11 is 1.47. The second-order valence-electron chi connectivity index (χ2n) is 7.85. The number of nitrogens with zero attached hydrogens (tertiary/aromatic N) is 1. The van der Waals surface area contributed by atoms with Crippen LogP contribution < -0.4 is 10.6 Å². The van der Waals surface area contributed by atoms with Crippen molar-refractivity contribution in [1.82, 2.24) is 10.2 Å². The van der Waals surface area contributed by atoms with Crippen LogP contribution in [0.3, 0.4) is 0 Å². The van der Waals surface area contributed by atoms with Gasteiger partial charge in [-0.1, -0.05) is 13.8 Å². The average molecular weight is 424 g/mol. The summed E-state index contributed by atoms with van der Waals surface area (Å²) in [4.78, 5) is 40.1. The van der Waals surface area contributed by atoms with Crippen LogP contribution in [0, 0.1) is 5.92 Å². The van der Waals surface area contributed by atoms with Crippen LogP contribution in [0.1, 0.15) is 61.8 Å². The summed E-state index contributed by atoms with van der Waals surface area (Å²) in [5, 5.41) is 6.31. The van der Waals surface area contributed by atoms with Gasteiger partial charge in [0.25, 0.3) is 0 Å². The molecule has 1 heterocycles. The maximum absolute atomic E-state index is 12.7. The zero-order valence-electron chi connectivity index (χ0n) is 18.1. The summed E-state index contributed by atoms with van der Waals surface area (Å²) < 4.78 is 5.25. The maximum Gasteiger partial charge on any atom is 0.341 e. The van der Waals surface area contributed by atoms with Crippen LogP contribution in [0.15, 0.2) is 0 Å². The second kappa shape index (κ2) is 10.7. The highest BCUT2D eigenvalue weighted by Crippen LogP contribution is 2.40. The minimum absolute atomic E-state index is 0.0574. The first kappa shape index (κ1) is 23.3. The van der Waals surface area contributed by atoms with E-state index in [2.05, 4.69) is 17.6 Å². The molecule has 1 atom stereocenters. The fraction of sp³-hybridized carbons (Fsp3) is 0.667. The van der Waals surface area contributed by atoms with Crippen LogP contribution in [0.2, 0.25) is 0 Å². The highest BCUT2D eigenvalue weighted by Gasteiger charge is 2.29. The van der Waals surface area contributed by atoms with E-state index >= 15 is 0 Å². The predicted molar refractivity (Wildman–Crippen MR) is 115 cm³/mol. The molecule has 0 radical (unpaired) electrons. The Morgan fingerprint density at radius 2 is 1.90 bits per heavy atom. The minimum atomic E-state index is -0.376. The van der Waals surface area contributed by atoms with Gasteiger partial charge in [-0.3, -0.25) is 14.5 Å². The van der Waals surface area contributed by atoms with Gasteiger partial charge in [-0.25, -0.2) is 4.79 Å². The second-order valence-corrected chi connectivity index (χ2v) is 8.96. The van der Waals surface area contributed by atoms with E-state index in [4.69, 9.17) is 4.74 Å². The molecule has 0 unspecified atom stereocenters. The molecule has 1 aliphatic carbocycles. The smallest absolute Gasteiger partial charge is 0.341 e. The number of nitrogens with one attached hydrogen (secondary N) is 2. The highest BCUT2D eigenvalue weighted by atomic mass is 32.1. The summed E-state index contributed by atoms with van der Waals surface area (Å²) in [5.41, 5.74) is 1.53. The Labute approximate surface area is 177 Å². The molecule has 0 aromatic carbocycles. The van der Waals surface area contributed by atoms with E-state index in [1.807, 2.05) is 20.8 Å². The molecule has 0 saturated carbocycles. The number of hydrogen-bond acceptors (Lipinski definition) is 6. The number of carbonyl (C=O) groups excluding carboxylic acids is 3. The molecule has 2 amide bonds. The van der Waals surface area contributed by atoms with Crippen molar-refractivity contribution in [3.8, 4) is 0 Å². The van der Waals surface area contributed by atoms with E-state index in [0.29, 0.717) is 29.6 Å². The predicted octanol–water partition coefficient (Wildman–Crippen LogP) is 2.83. The van der Waals surface area contributed by atoms with Crippen LogP contribution in [0.4, 0.5) is 5.00 Å². The van der Waals surface area contributed by atoms with Crippen molar-refractivity contribution in [3.63, 3.8) is 0 Å². The number of thiophene rings is 1. The molecule has 29 heavy (non-hydrogen) atoms. The number of fused-ring (bicyclic) bond motifs is 1. The number of amides is 2.